The van der Waals surface area contributed by atoms with Gasteiger partial charge in [-0.1, -0.05) is 26.8 Å². The Morgan fingerprint density at radius 2 is 1.84 bits per heavy atom. The SMILES string of the molecule is Cc1ccc(N2OC3C=C(O[Si](C)(C)C(C)(C)C)C2C(c2ccc4c(c2)OCO4)C3)nn1. The van der Waals surface area contributed by atoms with Crippen molar-refractivity contribution in [2.24, 2.45) is 0 Å². The van der Waals surface area contributed by atoms with Crippen LogP contribution in [0.3, 0.4) is 0 Å². The zero-order valence-corrected chi connectivity index (χ0v) is 20.6. The number of fused-ring (bicyclic) bond motifs is 3. The highest BCUT2D eigenvalue weighted by Crippen LogP contribution is 2.48. The van der Waals surface area contributed by atoms with Gasteiger partial charge >= 0.3 is 0 Å². The lowest BCUT2D eigenvalue weighted by Crippen LogP contribution is -2.55. The van der Waals surface area contributed by atoms with Crippen molar-refractivity contribution in [2.75, 3.05) is 11.9 Å². The van der Waals surface area contributed by atoms with Crippen LogP contribution in [0.2, 0.25) is 18.1 Å². The first-order valence-electron chi connectivity index (χ1n) is 11.2. The number of benzene rings is 1. The molecule has 4 heterocycles. The molecule has 1 aliphatic carbocycles. The highest BCUT2D eigenvalue weighted by atomic mass is 28.4. The van der Waals surface area contributed by atoms with Gasteiger partial charge in [0.05, 0.1) is 5.69 Å². The van der Waals surface area contributed by atoms with Gasteiger partial charge in [-0.3, -0.25) is 4.84 Å². The first-order valence-corrected chi connectivity index (χ1v) is 14.1. The maximum absolute atomic E-state index is 6.87. The molecule has 2 bridgehead atoms. The Kier molecular flexibility index (Phi) is 4.98. The molecule has 7 nitrogen and oxygen atoms in total. The summed E-state index contributed by atoms with van der Waals surface area (Å²) in [6, 6.07) is 10.0. The number of rotatable bonds is 4. The Hall–Kier alpha value is -2.58. The van der Waals surface area contributed by atoms with Crippen molar-refractivity contribution in [2.45, 2.75) is 70.3 Å². The highest BCUT2D eigenvalue weighted by Gasteiger charge is 2.49. The zero-order valence-electron chi connectivity index (χ0n) is 19.6. The number of nitrogens with zero attached hydrogens (tertiary/aromatic N) is 3. The van der Waals surface area contributed by atoms with E-state index in [0.717, 1.165) is 29.4 Å². The van der Waals surface area contributed by atoms with E-state index in [1.165, 1.54) is 5.56 Å². The summed E-state index contributed by atoms with van der Waals surface area (Å²) in [4.78, 5) is 6.32. The molecule has 2 aromatic rings. The fourth-order valence-corrected chi connectivity index (χ4v) is 5.29. The van der Waals surface area contributed by atoms with Gasteiger partial charge in [0.25, 0.3) is 0 Å². The lowest BCUT2D eigenvalue weighted by Gasteiger charge is -2.50. The number of ether oxygens (including phenoxy) is 2. The van der Waals surface area contributed by atoms with Crippen LogP contribution in [0.25, 0.3) is 0 Å². The number of hydrogen-bond donors (Lipinski definition) is 0. The maximum Gasteiger partial charge on any atom is 0.250 e. The normalized spacial score (nSPS) is 24.5. The molecule has 0 saturated carbocycles. The standard InChI is InChI=1S/C24H31N3O4Si/c1-15-7-10-22(26-25-15)27-23-18(16-8-9-19-20(11-16)29-14-28-19)12-17(30-27)13-21(23)31-32(5,6)24(2,3)4/h7-11,13,17-18,23H,12,14H2,1-6H3. The Morgan fingerprint density at radius 3 is 2.56 bits per heavy atom. The lowest BCUT2D eigenvalue weighted by atomic mass is 9.80. The molecule has 1 saturated heterocycles. The molecule has 1 aromatic heterocycles. The first-order chi connectivity index (χ1) is 15.1. The topological polar surface area (TPSA) is 65.9 Å². The van der Waals surface area contributed by atoms with Gasteiger partial charge in [0.2, 0.25) is 15.1 Å². The van der Waals surface area contributed by atoms with Gasteiger partial charge in [0.1, 0.15) is 17.9 Å². The van der Waals surface area contributed by atoms with Crippen molar-refractivity contribution in [1.29, 1.82) is 0 Å². The third kappa shape index (κ3) is 3.65. The van der Waals surface area contributed by atoms with E-state index >= 15 is 0 Å². The Bertz CT molecular complexity index is 1050. The minimum atomic E-state index is -2.05. The molecule has 0 radical (unpaired) electrons. The van der Waals surface area contributed by atoms with E-state index < -0.39 is 8.32 Å². The fourth-order valence-electron chi connectivity index (χ4n) is 4.20. The van der Waals surface area contributed by atoms with Crippen molar-refractivity contribution in [3.63, 3.8) is 0 Å². The van der Waals surface area contributed by atoms with Gasteiger partial charge in [-0.25, -0.2) is 5.06 Å². The molecule has 0 spiro atoms. The maximum atomic E-state index is 6.87. The first kappa shape index (κ1) is 21.3. The molecular weight excluding hydrogens is 422 g/mol. The predicted octanol–water partition coefficient (Wildman–Crippen LogP) is 5.10. The van der Waals surface area contributed by atoms with Crippen LogP contribution in [0.15, 0.2) is 42.2 Å². The number of aryl methyl sites for hydroxylation is 1. The van der Waals surface area contributed by atoms with E-state index in [1.54, 1.807) is 0 Å². The van der Waals surface area contributed by atoms with E-state index in [0.29, 0.717) is 5.82 Å². The van der Waals surface area contributed by atoms with Crippen molar-refractivity contribution in [3.8, 4) is 11.5 Å². The number of hydrogen-bond acceptors (Lipinski definition) is 7. The second-order valence-electron chi connectivity index (χ2n) is 10.3. The van der Waals surface area contributed by atoms with Gasteiger partial charge in [-0.15, -0.1) is 5.10 Å². The summed E-state index contributed by atoms with van der Waals surface area (Å²) in [5.41, 5.74) is 2.05. The molecule has 6 rings (SSSR count). The largest absolute Gasteiger partial charge is 0.545 e. The molecule has 1 aromatic carbocycles. The molecule has 1 fully saturated rings. The monoisotopic (exact) mass is 453 g/mol. The van der Waals surface area contributed by atoms with Crippen molar-refractivity contribution >= 4 is 14.1 Å². The minimum Gasteiger partial charge on any atom is -0.545 e. The van der Waals surface area contributed by atoms with Crippen LogP contribution < -0.4 is 14.5 Å². The quantitative estimate of drug-likeness (QED) is 0.597. The molecular formula is C24H31N3O4Si. The average Bonchev–Trinajstić information content (AvgIpc) is 3.21. The third-order valence-electron chi connectivity index (χ3n) is 7.02. The number of anilines is 1. The fraction of sp³-hybridized carbons (Fsp3) is 0.500. The summed E-state index contributed by atoms with van der Waals surface area (Å²) < 4.78 is 18.1. The second-order valence-corrected chi connectivity index (χ2v) is 15.1. The van der Waals surface area contributed by atoms with E-state index in [-0.39, 0.29) is 29.9 Å². The van der Waals surface area contributed by atoms with E-state index in [2.05, 4.69) is 62.3 Å². The summed E-state index contributed by atoms with van der Waals surface area (Å²) in [6.07, 6.45) is 2.93. The highest BCUT2D eigenvalue weighted by molar-refractivity contribution is 6.74. The van der Waals surface area contributed by atoms with Crippen LogP contribution in [0.5, 0.6) is 11.5 Å². The summed E-state index contributed by atoms with van der Waals surface area (Å²) >= 11 is 0. The molecule has 32 heavy (non-hydrogen) atoms. The predicted molar refractivity (Wildman–Crippen MR) is 124 cm³/mol. The Labute approximate surface area is 190 Å². The van der Waals surface area contributed by atoms with Crippen LogP contribution in [-0.4, -0.2) is 37.5 Å². The Morgan fingerprint density at radius 1 is 1.06 bits per heavy atom. The molecule has 0 N–H and O–H groups in total. The minimum absolute atomic E-state index is 0.0914. The van der Waals surface area contributed by atoms with Crippen molar-refractivity contribution in [3.05, 3.63) is 53.4 Å². The van der Waals surface area contributed by atoms with Crippen molar-refractivity contribution < 1.29 is 18.7 Å². The van der Waals surface area contributed by atoms with Crippen LogP contribution in [0.4, 0.5) is 5.82 Å². The molecule has 170 valence electrons. The molecule has 3 atom stereocenters. The third-order valence-corrected chi connectivity index (χ3v) is 11.4. The van der Waals surface area contributed by atoms with Gasteiger partial charge in [-0.05, 0) is 67.4 Å². The Balaban J connectivity index is 1.55. The molecule has 3 aliphatic heterocycles. The van der Waals surface area contributed by atoms with E-state index in [1.807, 2.05) is 30.2 Å². The van der Waals surface area contributed by atoms with Gasteiger partial charge in [0.15, 0.2) is 17.3 Å². The van der Waals surface area contributed by atoms with E-state index in [4.69, 9.17) is 18.7 Å². The smallest absolute Gasteiger partial charge is 0.250 e. The van der Waals surface area contributed by atoms with Crippen LogP contribution in [0.1, 0.15) is 44.4 Å². The van der Waals surface area contributed by atoms with Gasteiger partial charge in [-0.2, -0.15) is 5.10 Å². The van der Waals surface area contributed by atoms with E-state index in [9.17, 15) is 0 Å². The summed E-state index contributed by atoms with van der Waals surface area (Å²) in [7, 11) is -2.05. The van der Waals surface area contributed by atoms with Crippen molar-refractivity contribution in [1.82, 2.24) is 10.2 Å². The summed E-state index contributed by atoms with van der Waals surface area (Å²) in [6.45, 7) is 13.5. The van der Waals surface area contributed by atoms with Crippen LogP contribution in [0, 0.1) is 6.92 Å². The zero-order chi connectivity index (χ0) is 22.7. The average molecular weight is 454 g/mol. The molecule has 8 heteroatoms. The lowest BCUT2D eigenvalue weighted by molar-refractivity contribution is -0.0253. The van der Waals surface area contributed by atoms with Gasteiger partial charge < -0.3 is 13.9 Å². The molecule has 4 aliphatic rings. The van der Waals surface area contributed by atoms with Gasteiger partial charge in [0, 0.05) is 5.92 Å². The number of aromatic nitrogens is 2. The summed E-state index contributed by atoms with van der Waals surface area (Å²) in [5, 5.41) is 10.7. The number of hydroxylamine groups is 1. The van der Waals surface area contributed by atoms with Crippen LogP contribution >= 0.6 is 0 Å². The second kappa shape index (κ2) is 7.49. The molecule has 3 unspecified atom stereocenters. The van der Waals surface area contributed by atoms with Crippen LogP contribution in [-0.2, 0) is 9.26 Å². The summed E-state index contributed by atoms with van der Waals surface area (Å²) in [5.74, 6) is 3.42. The molecule has 0 amide bonds.